The summed E-state index contributed by atoms with van der Waals surface area (Å²) in [7, 11) is 0. The first-order valence-electron chi connectivity index (χ1n) is 2.63. The van der Waals surface area contributed by atoms with Gasteiger partial charge in [0.2, 0.25) is 0 Å². The van der Waals surface area contributed by atoms with Gasteiger partial charge in [0.15, 0.2) is 0 Å². The monoisotopic (exact) mass is 155 g/mol. The molecule has 0 aliphatic carbocycles. The number of nitrogens with zero attached hydrogens (tertiary/aromatic N) is 1. The number of hydrogen-bond acceptors (Lipinski definition) is 2. The van der Waals surface area contributed by atoms with Crippen LogP contribution in [0, 0.1) is 4.64 Å². The zero-order valence-electron chi connectivity index (χ0n) is 5.02. The molecule has 0 aliphatic rings. The van der Waals surface area contributed by atoms with Crippen LogP contribution in [0.2, 0.25) is 0 Å². The van der Waals surface area contributed by atoms with Crippen LogP contribution in [-0.2, 0) is 0 Å². The molecule has 0 saturated carbocycles. The SMILES string of the molecule is O=C(O)n1ccccc1=S. The molecule has 1 aromatic heterocycles. The molecule has 0 unspecified atom stereocenters. The quantitative estimate of drug-likeness (QED) is 0.580. The van der Waals surface area contributed by atoms with Crippen molar-refractivity contribution >= 4 is 18.3 Å². The highest BCUT2D eigenvalue weighted by Gasteiger charge is 1.96. The van der Waals surface area contributed by atoms with Crippen LogP contribution in [0.1, 0.15) is 0 Å². The molecule has 10 heavy (non-hydrogen) atoms. The van der Waals surface area contributed by atoms with Crippen LogP contribution < -0.4 is 0 Å². The Morgan fingerprint density at radius 2 is 2.30 bits per heavy atom. The average molecular weight is 155 g/mol. The Morgan fingerprint density at radius 1 is 1.60 bits per heavy atom. The molecule has 0 radical (unpaired) electrons. The highest BCUT2D eigenvalue weighted by molar-refractivity contribution is 7.71. The maximum absolute atomic E-state index is 10.3. The van der Waals surface area contributed by atoms with Crippen molar-refractivity contribution in [1.82, 2.24) is 4.57 Å². The van der Waals surface area contributed by atoms with Gasteiger partial charge in [-0.05, 0) is 12.1 Å². The minimum absolute atomic E-state index is 0.301. The summed E-state index contributed by atoms with van der Waals surface area (Å²) in [5.74, 6) is 0. The summed E-state index contributed by atoms with van der Waals surface area (Å²) >= 11 is 4.71. The Bertz CT molecular complexity index is 305. The average Bonchev–Trinajstić information content (AvgIpc) is 1.88. The van der Waals surface area contributed by atoms with Crippen molar-refractivity contribution < 1.29 is 9.90 Å². The van der Waals surface area contributed by atoms with Gasteiger partial charge in [-0.1, -0.05) is 18.3 Å². The number of carboxylic acid groups (broad SMARTS) is 1. The van der Waals surface area contributed by atoms with Crippen LogP contribution in [0.15, 0.2) is 24.4 Å². The smallest absolute Gasteiger partial charge is 0.416 e. The summed E-state index contributed by atoms with van der Waals surface area (Å²) in [6.07, 6.45) is 0.357. The van der Waals surface area contributed by atoms with Gasteiger partial charge in [0, 0.05) is 6.20 Å². The number of aromatic nitrogens is 1. The van der Waals surface area contributed by atoms with Crippen molar-refractivity contribution in [2.45, 2.75) is 0 Å². The van der Waals surface area contributed by atoms with Crippen LogP contribution >= 0.6 is 12.2 Å². The van der Waals surface area contributed by atoms with E-state index in [1.54, 1.807) is 18.2 Å². The van der Waals surface area contributed by atoms with Crippen molar-refractivity contribution in [3.05, 3.63) is 29.0 Å². The molecule has 52 valence electrons. The summed E-state index contributed by atoms with van der Waals surface area (Å²) in [5, 5.41) is 8.46. The van der Waals surface area contributed by atoms with E-state index in [4.69, 9.17) is 17.3 Å². The lowest BCUT2D eigenvalue weighted by molar-refractivity contribution is 0.196. The Hall–Kier alpha value is -1.16. The molecule has 0 fully saturated rings. The fraction of sp³-hybridized carbons (Fsp3) is 0. The van der Waals surface area contributed by atoms with Gasteiger partial charge in [-0.15, -0.1) is 0 Å². The first-order valence-corrected chi connectivity index (χ1v) is 3.03. The van der Waals surface area contributed by atoms with Gasteiger partial charge in [-0.2, -0.15) is 0 Å². The van der Waals surface area contributed by atoms with Crippen molar-refractivity contribution in [2.24, 2.45) is 0 Å². The molecule has 4 heteroatoms. The van der Waals surface area contributed by atoms with E-state index in [1.807, 2.05) is 0 Å². The highest BCUT2D eigenvalue weighted by Crippen LogP contribution is 1.91. The van der Waals surface area contributed by atoms with E-state index in [-0.39, 0.29) is 0 Å². The molecule has 0 amide bonds. The molecule has 0 atom stereocenters. The molecule has 0 aromatic carbocycles. The zero-order chi connectivity index (χ0) is 7.56. The summed E-state index contributed by atoms with van der Waals surface area (Å²) in [6, 6.07) is 4.87. The Morgan fingerprint density at radius 3 is 2.70 bits per heavy atom. The molecule has 1 heterocycles. The first kappa shape index (κ1) is 6.95. The lowest BCUT2D eigenvalue weighted by atomic mass is 10.5. The minimum atomic E-state index is -1.05. The normalized spacial score (nSPS) is 9.20. The van der Waals surface area contributed by atoms with Gasteiger partial charge in [0.1, 0.15) is 4.64 Å². The van der Waals surface area contributed by atoms with Gasteiger partial charge in [0.25, 0.3) is 0 Å². The van der Waals surface area contributed by atoms with Crippen LogP contribution in [0.3, 0.4) is 0 Å². The van der Waals surface area contributed by atoms with Crippen molar-refractivity contribution in [3.8, 4) is 0 Å². The van der Waals surface area contributed by atoms with Crippen molar-refractivity contribution in [1.29, 1.82) is 0 Å². The first-order chi connectivity index (χ1) is 4.72. The van der Waals surface area contributed by atoms with Crippen LogP contribution in [0.25, 0.3) is 0 Å². The molecule has 0 saturated heterocycles. The number of rotatable bonds is 0. The van der Waals surface area contributed by atoms with Crippen molar-refractivity contribution in [3.63, 3.8) is 0 Å². The van der Waals surface area contributed by atoms with Crippen LogP contribution in [0.5, 0.6) is 0 Å². The lowest BCUT2D eigenvalue weighted by Crippen LogP contribution is -2.07. The largest absolute Gasteiger partial charge is 0.464 e. The highest BCUT2D eigenvalue weighted by atomic mass is 32.1. The van der Waals surface area contributed by atoms with E-state index in [0.717, 1.165) is 4.57 Å². The predicted molar refractivity (Wildman–Crippen MR) is 38.7 cm³/mol. The Balaban J connectivity index is 3.29. The molecule has 0 spiro atoms. The van der Waals surface area contributed by atoms with Gasteiger partial charge >= 0.3 is 6.09 Å². The van der Waals surface area contributed by atoms with E-state index in [1.165, 1.54) is 6.20 Å². The molecular formula is C6H5NO2S. The summed E-state index contributed by atoms with van der Waals surface area (Å²) in [5.41, 5.74) is 0. The Labute approximate surface area is 62.5 Å². The number of carbonyl (C=O) groups is 1. The second kappa shape index (κ2) is 2.62. The minimum Gasteiger partial charge on any atom is -0.464 e. The molecule has 3 nitrogen and oxygen atoms in total. The van der Waals surface area contributed by atoms with Crippen molar-refractivity contribution in [2.75, 3.05) is 0 Å². The summed E-state index contributed by atoms with van der Waals surface area (Å²) < 4.78 is 1.28. The van der Waals surface area contributed by atoms with E-state index >= 15 is 0 Å². The number of hydrogen-bond donors (Lipinski definition) is 1. The Kier molecular flexibility index (Phi) is 1.82. The standard InChI is InChI=1S/C6H5NO2S/c8-6(9)7-4-2-1-3-5(7)10/h1-4H,(H,8,9). The fourth-order valence-corrected chi connectivity index (χ4v) is 0.803. The number of pyridine rings is 1. The van der Waals surface area contributed by atoms with Gasteiger partial charge < -0.3 is 5.11 Å². The van der Waals surface area contributed by atoms with Crippen LogP contribution in [-0.4, -0.2) is 15.8 Å². The third kappa shape index (κ3) is 1.22. The zero-order valence-corrected chi connectivity index (χ0v) is 5.84. The lowest BCUT2D eigenvalue weighted by Gasteiger charge is -1.95. The van der Waals surface area contributed by atoms with E-state index < -0.39 is 6.09 Å². The van der Waals surface area contributed by atoms with E-state index in [9.17, 15) is 4.79 Å². The van der Waals surface area contributed by atoms with Gasteiger partial charge in [-0.25, -0.2) is 9.36 Å². The molecule has 1 rings (SSSR count). The third-order valence-corrected chi connectivity index (χ3v) is 1.36. The maximum atomic E-state index is 10.3. The van der Waals surface area contributed by atoms with Gasteiger partial charge in [-0.3, -0.25) is 0 Å². The summed E-state index contributed by atoms with van der Waals surface area (Å²) in [6.45, 7) is 0. The maximum Gasteiger partial charge on any atom is 0.416 e. The molecular weight excluding hydrogens is 150 g/mol. The fourth-order valence-electron chi connectivity index (χ4n) is 0.585. The molecule has 0 bridgehead atoms. The predicted octanol–water partition coefficient (Wildman–Crippen LogP) is 1.74. The van der Waals surface area contributed by atoms with Gasteiger partial charge in [0.05, 0.1) is 0 Å². The summed E-state index contributed by atoms with van der Waals surface area (Å²) in [4.78, 5) is 10.3. The van der Waals surface area contributed by atoms with E-state index in [0.29, 0.717) is 4.64 Å². The second-order valence-corrected chi connectivity index (χ2v) is 2.11. The van der Waals surface area contributed by atoms with E-state index in [2.05, 4.69) is 0 Å². The molecule has 1 aromatic rings. The molecule has 0 aliphatic heterocycles. The third-order valence-electron chi connectivity index (χ3n) is 1.03. The topological polar surface area (TPSA) is 42.2 Å². The molecule has 1 N–H and O–H groups in total. The van der Waals surface area contributed by atoms with Crippen LogP contribution in [0.4, 0.5) is 4.79 Å². The second-order valence-electron chi connectivity index (χ2n) is 1.69.